The lowest BCUT2D eigenvalue weighted by Gasteiger charge is -2.11. The molecule has 0 fully saturated rings. The van der Waals surface area contributed by atoms with Gasteiger partial charge in [0.1, 0.15) is 6.61 Å². The molecule has 0 saturated carbocycles. The SMILES string of the molecule is COCCOc1ccc(NC(=O)C(C)CN)cc1F. The van der Waals surface area contributed by atoms with Gasteiger partial charge < -0.3 is 20.5 Å². The van der Waals surface area contributed by atoms with Gasteiger partial charge in [0, 0.05) is 31.3 Å². The second-order valence-corrected chi connectivity index (χ2v) is 4.11. The normalized spacial score (nSPS) is 12.0. The van der Waals surface area contributed by atoms with E-state index in [-0.39, 0.29) is 30.7 Å². The van der Waals surface area contributed by atoms with E-state index < -0.39 is 5.82 Å². The summed E-state index contributed by atoms with van der Waals surface area (Å²) in [5, 5.41) is 2.59. The third-order valence-corrected chi connectivity index (χ3v) is 2.55. The smallest absolute Gasteiger partial charge is 0.228 e. The molecule has 0 aromatic heterocycles. The summed E-state index contributed by atoms with van der Waals surface area (Å²) in [7, 11) is 1.54. The van der Waals surface area contributed by atoms with Crippen molar-refractivity contribution in [3.63, 3.8) is 0 Å². The molecule has 1 unspecified atom stereocenters. The van der Waals surface area contributed by atoms with E-state index in [0.717, 1.165) is 0 Å². The Morgan fingerprint density at radius 3 is 2.79 bits per heavy atom. The fourth-order valence-corrected chi connectivity index (χ4v) is 1.30. The highest BCUT2D eigenvalue weighted by Gasteiger charge is 2.12. The lowest BCUT2D eigenvalue weighted by Crippen LogP contribution is -2.26. The number of anilines is 1. The number of ether oxygens (including phenoxy) is 2. The van der Waals surface area contributed by atoms with Crippen molar-refractivity contribution in [1.29, 1.82) is 0 Å². The van der Waals surface area contributed by atoms with Crippen LogP contribution in [0.3, 0.4) is 0 Å². The van der Waals surface area contributed by atoms with E-state index in [2.05, 4.69) is 5.32 Å². The largest absolute Gasteiger partial charge is 0.488 e. The van der Waals surface area contributed by atoms with Crippen LogP contribution in [0.1, 0.15) is 6.92 Å². The number of carbonyl (C=O) groups is 1. The number of nitrogens with one attached hydrogen (secondary N) is 1. The van der Waals surface area contributed by atoms with Crippen LogP contribution in [0.2, 0.25) is 0 Å². The molecular weight excluding hydrogens is 251 g/mol. The monoisotopic (exact) mass is 270 g/mol. The number of benzene rings is 1. The standard InChI is InChI=1S/C13H19FN2O3/c1-9(8-15)13(17)16-10-3-4-12(11(14)7-10)19-6-5-18-2/h3-4,7,9H,5-6,8,15H2,1-2H3,(H,16,17). The van der Waals surface area contributed by atoms with E-state index in [9.17, 15) is 9.18 Å². The number of amides is 1. The van der Waals surface area contributed by atoms with Crippen LogP contribution in [0.4, 0.5) is 10.1 Å². The Bertz CT molecular complexity index is 426. The van der Waals surface area contributed by atoms with Gasteiger partial charge in [-0.25, -0.2) is 4.39 Å². The highest BCUT2D eigenvalue weighted by atomic mass is 19.1. The summed E-state index contributed by atoms with van der Waals surface area (Å²) in [6.07, 6.45) is 0. The molecule has 0 radical (unpaired) electrons. The molecule has 6 heteroatoms. The van der Waals surface area contributed by atoms with E-state index in [1.54, 1.807) is 13.0 Å². The van der Waals surface area contributed by atoms with Gasteiger partial charge in [-0.1, -0.05) is 6.92 Å². The lowest BCUT2D eigenvalue weighted by molar-refractivity contribution is -0.119. The minimum atomic E-state index is -0.533. The van der Waals surface area contributed by atoms with Crippen LogP contribution in [-0.4, -0.2) is 32.8 Å². The van der Waals surface area contributed by atoms with Crippen LogP contribution >= 0.6 is 0 Å². The summed E-state index contributed by atoms with van der Waals surface area (Å²) < 4.78 is 23.6. The van der Waals surface area contributed by atoms with Gasteiger partial charge in [0.25, 0.3) is 0 Å². The Balaban J connectivity index is 2.63. The van der Waals surface area contributed by atoms with Crippen molar-refractivity contribution in [3.8, 4) is 5.75 Å². The number of hydrogen-bond donors (Lipinski definition) is 2. The molecule has 19 heavy (non-hydrogen) atoms. The Hall–Kier alpha value is -1.66. The van der Waals surface area contributed by atoms with Crippen molar-refractivity contribution in [2.24, 2.45) is 11.7 Å². The highest BCUT2D eigenvalue weighted by Crippen LogP contribution is 2.21. The van der Waals surface area contributed by atoms with Crippen molar-refractivity contribution < 1.29 is 18.7 Å². The molecule has 5 nitrogen and oxygen atoms in total. The first-order chi connectivity index (χ1) is 9.08. The molecule has 0 saturated heterocycles. The zero-order chi connectivity index (χ0) is 14.3. The predicted molar refractivity (Wildman–Crippen MR) is 70.6 cm³/mol. The van der Waals surface area contributed by atoms with Gasteiger partial charge in [-0.3, -0.25) is 4.79 Å². The molecule has 1 amide bonds. The van der Waals surface area contributed by atoms with Gasteiger partial charge in [0.15, 0.2) is 11.6 Å². The molecule has 0 heterocycles. The lowest BCUT2D eigenvalue weighted by atomic mass is 10.1. The van der Waals surface area contributed by atoms with Gasteiger partial charge in [-0.15, -0.1) is 0 Å². The molecule has 0 aliphatic rings. The Morgan fingerprint density at radius 1 is 1.47 bits per heavy atom. The van der Waals surface area contributed by atoms with Crippen LogP contribution < -0.4 is 15.8 Å². The average molecular weight is 270 g/mol. The third-order valence-electron chi connectivity index (χ3n) is 2.55. The van der Waals surface area contributed by atoms with Crippen LogP contribution in [-0.2, 0) is 9.53 Å². The fraction of sp³-hybridized carbons (Fsp3) is 0.462. The van der Waals surface area contributed by atoms with E-state index in [1.165, 1.54) is 19.2 Å². The maximum absolute atomic E-state index is 13.7. The molecule has 0 aliphatic carbocycles. The van der Waals surface area contributed by atoms with Crippen molar-refractivity contribution in [2.45, 2.75) is 6.92 Å². The van der Waals surface area contributed by atoms with Crippen LogP contribution in [0.15, 0.2) is 18.2 Å². The average Bonchev–Trinajstić information content (AvgIpc) is 2.40. The molecule has 1 aromatic rings. The van der Waals surface area contributed by atoms with E-state index >= 15 is 0 Å². The second kappa shape index (κ2) is 7.70. The summed E-state index contributed by atoms with van der Waals surface area (Å²) in [6, 6.07) is 4.25. The Morgan fingerprint density at radius 2 is 2.21 bits per heavy atom. The second-order valence-electron chi connectivity index (χ2n) is 4.11. The first-order valence-corrected chi connectivity index (χ1v) is 6.00. The number of methoxy groups -OCH3 is 1. The van der Waals surface area contributed by atoms with Crippen LogP contribution in [0.25, 0.3) is 0 Å². The molecule has 1 atom stereocenters. The molecule has 1 rings (SSSR count). The van der Waals surface area contributed by atoms with Crippen molar-refractivity contribution in [2.75, 3.05) is 32.2 Å². The summed E-state index contributed by atoms with van der Waals surface area (Å²) in [4.78, 5) is 11.6. The summed E-state index contributed by atoms with van der Waals surface area (Å²) >= 11 is 0. The van der Waals surface area contributed by atoms with Crippen molar-refractivity contribution in [1.82, 2.24) is 0 Å². The molecule has 3 N–H and O–H groups in total. The maximum atomic E-state index is 13.7. The van der Waals surface area contributed by atoms with E-state index in [1.807, 2.05) is 0 Å². The predicted octanol–water partition coefficient (Wildman–Crippen LogP) is 1.38. The van der Waals surface area contributed by atoms with Gasteiger partial charge >= 0.3 is 0 Å². The number of hydrogen-bond acceptors (Lipinski definition) is 4. The molecule has 0 aliphatic heterocycles. The summed E-state index contributed by atoms with van der Waals surface area (Å²) in [6.45, 7) is 2.59. The molecular formula is C13H19FN2O3. The van der Waals surface area contributed by atoms with Gasteiger partial charge in [0.05, 0.1) is 6.61 Å². The molecule has 0 spiro atoms. The summed E-state index contributed by atoms with van der Waals surface area (Å²) in [5.41, 5.74) is 5.76. The molecule has 106 valence electrons. The fourth-order valence-electron chi connectivity index (χ4n) is 1.30. The zero-order valence-corrected chi connectivity index (χ0v) is 11.1. The van der Waals surface area contributed by atoms with Gasteiger partial charge in [-0.2, -0.15) is 0 Å². The first kappa shape index (κ1) is 15.4. The summed E-state index contributed by atoms with van der Waals surface area (Å²) in [5.74, 6) is -0.966. The molecule has 0 bridgehead atoms. The molecule has 1 aromatic carbocycles. The number of carbonyl (C=O) groups excluding carboxylic acids is 1. The topological polar surface area (TPSA) is 73.6 Å². The van der Waals surface area contributed by atoms with Crippen molar-refractivity contribution in [3.05, 3.63) is 24.0 Å². The van der Waals surface area contributed by atoms with Crippen LogP contribution in [0, 0.1) is 11.7 Å². The van der Waals surface area contributed by atoms with E-state index in [4.69, 9.17) is 15.2 Å². The number of nitrogens with two attached hydrogens (primary N) is 1. The zero-order valence-electron chi connectivity index (χ0n) is 11.1. The third kappa shape index (κ3) is 4.84. The van der Waals surface area contributed by atoms with Gasteiger partial charge in [0.2, 0.25) is 5.91 Å². The maximum Gasteiger partial charge on any atom is 0.228 e. The Labute approximate surface area is 111 Å². The minimum absolute atomic E-state index is 0.127. The highest BCUT2D eigenvalue weighted by molar-refractivity contribution is 5.92. The number of rotatable bonds is 7. The Kier molecular flexibility index (Phi) is 6.24. The van der Waals surface area contributed by atoms with E-state index in [0.29, 0.717) is 12.3 Å². The van der Waals surface area contributed by atoms with Crippen LogP contribution in [0.5, 0.6) is 5.75 Å². The first-order valence-electron chi connectivity index (χ1n) is 6.00. The quantitative estimate of drug-likeness (QED) is 0.734. The van der Waals surface area contributed by atoms with Crippen molar-refractivity contribution >= 4 is 11.6 Å². The van der Waals surface area contributed by atoms with Gasteiger partial charge in [-0.05, 0) is 12.1 Å². The number of halogens is 1. The minimum Gasteiger partial charge on any atom is -0.488 e.